The Morgan fingerprint density at radius 2 is 2.33 bits per heavy atom. The third-order valence-electron chi connectivity index (χ3n) is 2.87. The van der Waals surface area contributed by atoms with Crippen molar-refractivity contribution in [1.82, 2.24) is 5.32 Å². The molecule has 1 atom stereocenters. The fourth-order valence-electron chi connectivity index (χ4n) is 1.86. The van der Waals surface area contributed by atoms with E-state index in [-0.39, 0.29) is 0 Å². The first-order valence-electron chi connectivity index (χ1n) is 5.50. The fraction of sp³-hybridized carbons (Fsp3) is 0.500. The summed E-state index contributed by atoms with van der Waals surface area (Å²) in [4.78, 5) is 1.34. The van der Waals surface area contributed by atoms with Crippen molar-refractivity contribution >= 4 is 17.4 Å². The second kappa shape index (κ2) is 4.90. The van der Waals surface area contributed by atoms with Crippen molar-refractivity contribution in [2.24, 2.45) is 0 Å². The largest absolute Gasteiger partial charge is 0.398 e. The molecule has 3 heteroatoms. The predicted molar refractivity (Wildman–Crippen MR) is 67.3 cm³/mol. The number of benzene rings is 1. The molecule has 0 bridgehead atoms. The van der Waals surface area contributed by atoms with Crippen molar-refractivity contribution in [3.05, 3.63) is 23.8 Å². The monoisotopic (exact) mass is 222 g/mol. The van der Waals surface area contributed by atoms with Gasteiger partial charge in [-0.1, -0.05) is 6.07 Å². The first-order valence-corrected chi connectivity index (χ1v) is 6.38. The standard InChI is InChI=1S/C12H18N2S/c1-9-11(13)5-2-6-12(9)15-10-4-3-7-14-8-10/h2,5-6,10,14H,3-4,7-8,13H2,1H3. The summed E-state index contributed by atoms with van der Waals surface area (Å²) in [6, 6.07) is 6.18. The molecule has 1 unspecified atom stereocenters. The zero-order chi connectivity index (χ0) is 10.7. The number of nitrogens with one attached hydrogen (secondary N) is 1. The summed E-state index contributed by atoms with van der Waals surface area (Å²) in [5.74, 6) is 0. The van der Waals surface area contributed by atoms with Gasteiger partial charge < -0.3 is 11.1 Å². The zero-order valence-electron chi connectivity index (χ0n) is 9.12. The highest BCUT2D eigenvalue weighted by Crippen LogP contribution is 2.31. The van der Waals surface area contributed by atoms with Gasteiger partial charge in [-0.3, -0.25) is 0 Å². The Balaban J connectivity index is 2.06. The minimum atomic E-state index is 0.708. The molecule has 1 heterocycles. The molecular weight excluding hydrogens is 204 g/mol. The minimum absolute atomic E-state index is 0.708. The predicted octanol–water partition coefficient (Wildman–Crippen LogP) is 2.42. The van der Waals surface area contributed by atoms with Gasteiger partial charge >= 0.3 is 0 Å². The lowest BCUT2D eigenvalue weighted by Gasteiger charge is -2.23. The molecule has 3 N–H and O–H groups in total. The molecule has 1 aromatic carbocycles. The van der Waals surface area contributed by atoms with Gasteiger partial charge in [-0.15, -0.1) is 11.8 Å². The summed E-state index contributed by atoms with van der Waals surface area (Å²) in [6.07, 6.45) is 2.60. The van der Waals surface area contributed by atoms with E-state index < -0.39 is 0 Å². The van der Waals surface area contributed by atoms with E-state index in [9.17, 15) is 0 Å². The van der Waals surface area contributed by atoms with Gasteiger partial charge in [0, 0.05) is 22.4 Å². The van der Waals surface area contributed by atoms with Crippen LogP contribution >= 0.6 is 11.8 Å². The summed E-state index contributed by atoms with van der Waals surface area (Å²) in [5.41, 5.74) is 8.03. The van der Waals surface area contributed by atoms with E-state index in [1.165, 1.54) is 29.8 Å². The summed E-state index contributed by atoms with van der Waals surface area (Å²) in [7, 11) is 0. The molecular formula is C12H18N2S. The molecule has 0 spiro atoms. The zero-order valence-corrected chi connectivity index (χ0v) is 9.94. The maximum atomic E-state index is 5.90. The molecule has 1 aliphatic rings. The Morgan fingerprint density at radius 3 is 3.07 bits per heavy atom. The van der Waals surface area contributed by atoms with E-state index >= 15 is 0 Å². The van der Waals surface area contributed by atoms with Crippen LogP contribution in [0.15, 0.2) is 23.1 Å². The van der Waals surface area contributed by atoms with Crippen LogP contribution in [0.4, 0.5) is 5.69 Å². The smallest absolute Gasteiger partial charge is 0.0354 e. The second-order valence-corrected chi connectivity index (χ2v) is 5.40. The van der Waals surface area contributed by atoms with Gasteiger partial charge in [0.25, 0.3) is 0 Å². The maximum absolute atomic E-state index is 5.90. The first-order chi connectivity index (χ1) is 7.27. The van der Waals surface area contributed by atoms with E-state index in [4.69, 9.17) is 5.73 Å². The third kappa shape index (κ3) is 2.67. The van der Waals surface area contributed by atoms with Crippen LogP contribution in [0.5, 0.6) is 0 Å². The first kappa shape index (κ1) is 10.8. The molecule has 0 saturated carbocycles. The average Bonchev–Trinajstić information content (AvgIpc) is 2.26. The van der Waals surface area contributed by atoms with Crippen LogP contribution < -0.4 is 11.1 Å². The SMILES string of the molecule is Cc1c(N)cccc1SC1CCCNC1. The van der Waals surface area contributed by atoms with Gasteiger partial charge in [0.15, 0.2) is 0 Å². The number of rotatable bonds is 2. The molecule has 0 radical (unpaired) electrons. The topological polar surface area (TPSA) is 38.0 Å². The number of hydrogen-bond donors (Lipinski definition) is 2. The number of piperidine rings is 1. The summed E-state index contributed by atoms with van der Waals surface area (Å²) >= 11 is 1.96. The van der Waals surface area contributed by atoms with Gasteiger partial charge in [0.1, 0.15) is 0 Å². The van der Waals surface area contributed by atoms with E-state index in [0.29, 0.717) is 5.25 Å². The molecule has 2 nitrogen and oxygen atoms in total. The lowest BCUT2D eigenvalue weighted by molar-refractivity contribution is 0.531. The van der Waals surface area contributed by atoms with Crippen molar-refractivity contribution < 1.29 is 0 Å². The molecule has 15 heavy (non-hydrogen) atoms. The highest BCUT2D eigenvalue weighted by atomic mass is 32.2. The van der Waals surface area contributed by atoms with Crippen LogP contribution in [0.2, 0.25) is 0 Å². The van der Waals surface area contributed by atoms with Gasteiger partial charge in [0.05, 0.1) is 0 Å². The molecule has 0 aliphatic carbocycles. The summed E-state index contributed by atoms with van der Waals surface area (Å²) < 4.78 is 0. The van der Waals surface area contributed by atoms with Crippen molar-refractivity contribution in [2.45, 2.75) is 29.9 Å². The van der Waals surface area contributed by atoms with E-state index in [1.807, 2.05) is 23.9 Å². The normalized spacial score (nSPS) is 21.5. The minimum Gasteiger partial charge on any atom is -0.398 e. The van der Waals surface area contributed by atoms with E-state index in [1.54, 1.807) is 0 Å². The lowest BCUT2D eigenvalue weighted by atomic mass is 10.2. The maximum Gasteiger partial charge on any atom is 0.0354 e. The molecule has 1 fully saturated rings. The van der Waals surface area contributed by atoms with Crippen LogP contribution in [0.1, 0.15) is 18.4 Å². The van der Waals surface area contributed by atoms with Crippen LogP contribution in [0.25, 0.3) is 0 Å². The van der Waals surface area contributed by atoms with Gasteiger partial charge in [0.2, 0.25) is 0 Å². The Labute approximate surface area is 95.6 Å². The van der Waals surface area contributed by atoms with Gasteiger partial charge in [-0.05, 0) is 44.0 Å². The van der Waals surface area contributed by atoms with Gasteiger partial charge in [-0.25, -0.2) is 0 Å². The summed E-state index contributed by atoms with van der Waals surface area (Å²) in [6.45, 7) is 4.40. The van der Waals surface area contributed by atoms with E-state index in [2.05, 4.69) is 18.3 Å². The molecule has 82 valence electrons. The van der Waals surface area contributed by atoms with Crippen LogP contribution in [0, 0.1) is 6.92 Å². The van der Waals surface area contributed by atoms with E-state index in [0.717, 1.165) is 12.2 Å². The molecule has 2 rings (SSSR count). The van der Waals surface area contributed by atoms with Gasteiger partial charge in [-0.2, -0.15) is 0 Å². The number of nitrogens with two attached hydrogens (primary N) is 1. The van der Waals surface area contributed by atoms with Crippen molar-refractivity contribution in [3.63, 3.8) is 0 Å². The lowest BCUT2D eigenvalue weighted by Crippen LogP contribution is -2.31. The molecule has 1 aromatic rings. The molecule has 0 aromatic heterocycles. The van der Waals surface area contributed by atoms with Crippen LogP contribution in [-0.2, 0) is 0 Å². The second-order valence-electron chi connectivity index (χ2n) is 4.06. The Bertz CT molecular complexity index is 332. The van der Waals surface area contributed by atoms with Crippen LogP contribution in [-0.4, -0.2) is 18.3 Å². The number of nitrogen functional groups attached to an aromatic ring is 1. The summed E-state index contributed by atoms with van der Waals surface area (Å²) in [5, 5.41) is 4.14. The highest BCUT2D eigenvalue weighted by Gasteiger charge is 2.15. The number of anilines is 1. The average molecular weight is 222 g/mol. The number of hydrogen-bond acceptors (Lipinski definition) is 3. The Hall–Kier alpha value is -0.670. The molecule has 1 saturated heterocycles. The molecule has 1 aliphatic heterocycles. The van der Waals surface area contributed by atoms with Crippen LogP contribution in [0.3, 0.4) is 0 Å². The quantitative estimate of drug-likeness (QED) is 0.755. The Morgan fingerprint density at radius 1 is 1.47 bits per heavy atom. The third-order valence-corrected chi connectivity index (χ3v) is 4.30. The highest BCUT2D eigenvalue weighted by molar-refractivity contribution is 8.00. The van der Waals surface area contributed by atoms with Crippen molar-refractivity contribution in [2.75, 3.05) is 18.8 Å². The fourth-order valence-corrected chi connectivity index (χ4v) is 3.16. The Kier molecular flexibility index (Phi) is 3.54. The number of thioether (sulfide) groups is 1. The van der Waals surface area contributed by atoms with Crippen molar-refractivity contribution in [1.29, 1.82) is 0 Å². The van der Waals surface area contributed by atoms with Crippen molar-refractivity contribution in [3.8, 4) is 0 Å². The molecule has 0 amide bonds.